The van der Waals surface area contributed by atoms with Gasteiger partial charge in [0, 0.05) is 13.0 Å². The van der Waals surface area contributed by atoms with E-state index in [2.05, 4.69) is 0 Å². The smallest absolute Gasteiger partial charge is 0.169 e. The van der Waals surface area contributed by atoms with Crippen molar-refractivity contribution in [3.63, 3.8) is 0 Å². The third kappa shape index (κ3) is 2.95. The third-order valence-corrected chi connectivity index (χ3v) is 3.60. The second kappa shape index (κ2) is 5.97. The molecule has 0 heterocycles. The Morgan fingerprint density at radius 2 is 1.82 bits per heavy atom. The summed E-state index contributed by atoms with van der Waals surface area (Å²) >= 11 is 0. The van der Waals surface area contributed by atoms with Crippen LogP contribution in [0.3, 0.4) is 0 Å². The van der Waals surface area contributed by atoms with Crippen molar-refractivity contribution in [2.75, 3.05) is 7.11 Å². The summed E-state index contributed by atoms with van der Waals surface area (Å²) in [5, 5.41) is 0. The van der Waals surface area contributed by atoms with Gasteiger partial charge in [-0.3, -0.25) is 4.79 Å². The van der Waals surface area contributed by atoms with Gasteiger partial charge in [0.1, 0.15) is 6.10 Å². The van der Waals surface area contributed by atoms with Gasteiger partial charge in [-0.2, -0.15) is 0 Å². The molecule has 0 bridgehead atoms. The molecule has 0 aromatic heterocycles. The molecule has 2 nitrogen and oxygen atoms in total. The van der Waals surface area contributed by atoms with Gasteiger partial charge in [-0.05, 0) is 18.4 Å². The zero-order valence-corrected chi connectivity index (χ0v) is 10.4. The molecule has 17 heavy (non-hydrogen) atoms. The molecule has 0 aliphatic heterocycles. The summed E-state index contributed by atoms with van der Waals surface area (Å²) in [6, 6.07) is 9.80. The summed E-state index contributed by atoms with van der Waals surface area (Å²) in [5.41, 5.74) is 0.977. The summed E-state index contributed by atoms with van der Waals surface area (Å²) in [6.07, 6.45) is 5.33. The van der Waals surface area contributed by atoms with Gasteiger partial charge in [-0.1, -0.05) is 49.6 Å². The summed E-state index contributed by atoms with van der Waals surface area (Å²) in [4.78, 5) is 12.4. The van der Waals surface area contributed by atoms with Crippen molar-refractivity contribution in [2.24, 2.45) is 5.92 Å². The highest BCUT2D eigenvalue weighted by Crippen LogP contribution is 2.30. The number of rotatable bonds is 4. The fourth-order valence-electron chi connectivity index (χ4n) is 2.65. The van der Waals surface area contributed by atoms with Crippen LogP contribution >= 0.6 is 0 Å². The van der Waals surface area contributed by atoms with E-state index in [1.54, 1.807) is 7.11 Å². The SMILES string of the molecule is COC(C(=O)C1CCCCC1)c1ccccc1. The normalized spacial score (nSPS) is 18.9. The molecule has 92 valence electrons. The first-order valence-corrected chi connectivity index (χ1v) is 6.44. The number of hydrogen-bond donors (Lipinski definition) is 0. The molecule has 1 aliphatic carbocycles. The topological polar surface area (TPSA) is 26.3 Å². The molecule has 1 aromatic rings. The molecule has 0 amide bonds. The van der Waals surface area contributed by atoms with E-state index in [4.69, 9.17) is 4.74 Å². The Hall–Kier alpha value is -1.15. The molecule has 0 spiro atoms. The number of carbonyl (C=O) groups is 1. The van der Waals surface area contributed by atoms with E-state index in [-0.39, 0.29) is 17.8 Å². The molecule has 1 fully saturated rings. The Morgan fingerprint density at radius 3 is 2.41 bits per heavy atom. The molecule has 1 aromatic carbocycles. The van der Waals surface area contributed by atoms with Crippen LogP contribution in [0, 0.1) is 5.92 Å². The van der Waals surface area contributed by atoms with Gasteiger partial charge in [0.25, 0.3) is 0 Å². The summed E-state index contributed by atoms with van der Waals surface area (Å²) in [7, 11) is 1.62. The maximum Gasteiger partial charge on any atom is 0.169 e. The van der Waals surface area contributed by atoms with Crippen LogP contribution < -0.4 is 0 Å². The highest BCUT2D eigenvalue weighted by Gasteiger charge is 2.28. The fraction of sp³-hybridized carbons (Fsp3) is 0.533. The van der Waals surface area contributed by atoms with E-state index in [9.17, 15) is 4.79 Å². The van der Waals surface area contributed by atoms with Gasteiger partial charge in [-0.15, -0.1) is 0 Å². The van der Waals surface area contributed by atoms with Crippen LogP contribution in [0.1, 0.15) is 43.8 Å². The van der Waals surface area contributed by atoms with Gasteiger partial charge in [0.05, 0.1) is 0 Å². The minimum atomic E-state index is -0.376. The largest absolute Gasteiger partial charge is 0.369 e. The van der Waals surface area contributed by atoms with Crippen LogP contribution in [-0.4, -0.2) is 12.9 Å². The average Bonchev–Trinajstić information content (AvgIpc) is 2.42. The van der Waals surface area contributed by atoms with Crippen molar-refractivity contribution >= 4 is 5.78 Å². The Labute approximate surface area is 103 Å². The van der Waals surface area contributed by atoms with Gasteiger partial charge >= 0.3 is 0 Å². The highest BCUT2D eigenvalue weighted by molar-refractivity contribution is 5.86. The quantitative estimate of drug-likeness (QED) is 0.794. The second-order valence-electron chi connectivity index (χ2n) is 4.76. The van der Waals surface area contributed by atoms with Crippen LogP contribution in [0.15, 0.2) is 30.3 Å². The molecule has 1 saturated carbocycles. The molecule has 2 rings (SSSR count). The molecule has 1 aliphatic rings. The van der Waals surface area contributed by atoms with Crippen molar-refractivity contribution in [3.05, 3.63) is 35.9 Å². The van der Waals surface area contributed by atoms with E-state index < -0.39 is 0 Å². The van der Waals surface area contributed by atoms with Crippen LogP contribution in [-0.2, 0) is 9.53 Å². The minimum absolute atomic E-state index is 0.203. The van der Waals surface area contributed by atoms with E-state index in [0.717, 1.165) is 18.4 Å². The van der Waals surface area contributed by atoms with Gasteiger partial charge in [0.15, 0.2) is 5.78 Å². The van der Waals surface area contributed by atoms with Gasteiger partial charge < -0.3 is 4.74 Å². The van der Waals surface area contributed by atoms with Gasteiger partial charge in [0.2, 0.25) is 0 Å². The predicted octanol–water partition coefficient (Wildman–Crippen LogP) is 3.52. The Morgan fingerprint density at radius 1 is 1.18 bits per heavy atom. The summed E-state index contributed by atoms with van der Waals surface area (Å²) < 4.78 is 5.40. The van der Waals surface area contributed by atoms with Crippen LogP contribution in [0.4, 0.5) is 0 Å². The molecule has 0 N–H and O–H groups in total. The van der Waals surface area contributed by atoms with Crippen molar-refractivity contribution < 1.29 is 9.53 Å². The van der Waals surface area contributed by atoms with Crippen LogP contribution in [0.5, 0.6) is 0 Å². The zero-order chi connectivity index (χ0) is 12.1. The second-order valence-corrected chi connectivity index (χ2v) is 4.76. The van der Waals surface area contributed by atoms with E-state index in [0.29, 0.717) is 0 Å². The van der Waals surface area contributed by atoms with Crippen LogP contribution in [0.25, 0.3) is 0 Å². The van der Waals surface area contributed by atoms with Crippen molar-refractivity contribution in [1.29, 1.82) is 0 Å². The molecule has 1 unspecified atom stereocenters. The monoisotopic (exact) mass is 232 g/mol. The van der Waals surface area contributed by atoms with Crippen molar-refractivity contribution in [1.82, 2.24) is 0 Å². The maximum absolute atomic E-state index is 12.4. The lowest BCUT2D eigenvalue weighted by Crippen LogP contribution is -2.25. The van der Waals surface area contributed by atoms with E-state index in [1.165, 1.54) is 19.3 Å². The van der Waals surface area contributed by atoms with E-state index >= 15 is 0 Å². The van der Waals surface area contributed by atoms with Crippen molar-refractivity contribution in [2.45, 2.75) is 38.2 Å². The number of carbonyl (C=O) groups excluding carboxylic acids is 1. The first-order valence-electron chi connectivity index (χ1n) is 6.44. The number of methoxy groups -OCH3 is 1. The summed E-state index contributed by atoms with van der Waals surface area (Å²) in [5.74, 6) is 0.465. The third-order valence-electron chi connectivity index (χ3n) is 3.60. The molecule has 2 heteroatoms. The Kier molecular flexibility index (Phi) is 4.32. The Balaban J connectivity index is 2.10. The molecule has 0 radical (unpaired) electrons. The molecular formula is C15H20O2. The number of benzene rings is 1. The first kappa shape index (κ1) is 12.3. The number of hydrogen-bond acceptors (Lipinski definition) is 2. The average molecular weight is 232 g/mol. The Bertz CT molecular complexity index is 352. The minimum Gasteiger partial charge on any atom is -0.369 e. The standard InChI is InChI=1S/C15H20O2/c1-17-15(13-10-6-3-7-11-13)14(16)12-8-4-2-5-9-12/h3,6-7,10-12,15H,2,4-5,8-9H2,1H3. The zero-order valence-electron chi connectivity index (χ0n) is 10.4. The van der Waals surface area contributed by atoms with Crippen molar-refractivity contribution in [3.8, 4) is 0 Å². The first-order chi connectivity index (χ1) is 8.33. The maximum atomic E-state index is 12.4. The van der Waals surface area contributed by atoms with E-state index in [1.807, 2.05) is 30.3 Å². The number of ketones is 1. The lowest BCUT2D eigenvalue weighted by molar-refractivity contribution is -0.134. The lowest BCUT2D eigenvalue weighted by Gasteiger charge is -2.24. The molecule has 1 atom stereocenters. The van der Waals surface area contributed by atoms with Crippen LogP contribution in [0.2, 0.25) is 0 Å². The number of ether oxygens (including phenoxy) is 1. The van der Waals surface area contributed by atoms with Gasteiger partial charge in [-0.25, -0.2) is 0 Å². The highest BCUT2D eigenvalue weighted by atomic mass is 16.5. The summed E-state index contributed by atoms with van der Waals surface area (Å²) in [6.45, 7) is 0. The molecule has 0 saturated heterocycles. The lowest BCUT2D eigenvalue weighted by atomic mass is 9.83. The molecular weight excluding hydrogens is 212 g/mol. The fourth-order valence-corrected chi connectivity index (χ4v) is 2.65. The number of Topliss-reactive ketones (excluding diaryl/α,β-unsaturated/α-hetero) is 1. The predicted molar refractivity (Wildman–Crippen MR) is 67.8 cm³/mol.